The second kappa shape index (κ2) is 6.42. The van der Waals surface area contributed by atoms with Crippen LogP contribution in [0, 0.1) is 0 Å². The van der Waals surface area contributed by atoms with E-state index < -0.39 is 0 Å². The third kappa shape index (κ3) is 2.76. The van der Waals surface area contributed by atoms with Crippen LogP contribution in [-0.2, 0) is 11.3 Å². The predicted molar refractivity (Wildman–Crippen MR) is 102 cm³/mol. The van der Waals surface area contributed by atoms with Crippen molar-refractivity contribution in [3.8, 4) is 11.4 Å². The molecule has 0 radical (unpaired) electrons. The van der Waals surface area contributed by atoms with Gasteiger partial charge in [-0.1, -0.05) is 30.3 Å². The Hall–Kier alpha value is -2.25. The lowest BCUT2D eigenvalue weighted by Crippen LogP contribution is -2.75. The van der Waals surface area contributed by atoms with Gasteiger partial charge in [0.15, 0.2) is 5.82 Å². The van der Waals surface area contributed by atoms with E-state index in [-0.39, 0.29) is 24.0 Å². The van der Waals surface area contributed by atoms with Crippen molar-refractivity contribution in [3.05, 3.63) is 36.7 Å². The number of rotatable bonds is 3. The maximum absolute atomic E-state index is 13.2. The third-order valence-electron chi connectivity index (χ3n) is 6.53. The summed E-state index contributed by atoms with van der Waals surface area (Å²) >= 11 is 0. The summed E-state index contributed by atoms with van der Waals surface area (Å²) in [5.74, 6) is 0.794. The van der Waals surface area contributed by atoms with Crippen LogP contribution < -0.4 is 5.73 Å². The number of hydrogen-bond donors (Lipinski definition) is 1. The summed E-state index contributed by atoms with van der Waals surface area (Å²) < 4.78 is 1.66. The van der Waals surface area contributed by atoms with Crippen LogP contribution in [0.25, 0.3) is 11.4 Å². The maximum atomic E-state index is 13.2. The largest absolute Gasteiger partial charge is 0.332 e. The van der Waals surface area contributed by atoms with E-state index in [9.17, 15) is 4.79 Å². The molecule has 7 nitrogen and oxygen atoms in total. The van der Waals surface area contributed by atoms with Crippen LogP contribution in [0.1, 0.15) is 25.7 Å². The molecule has 5 rings (SSSR count). The average molecular weight is 366 g/mol. The number of piperazine rings is 1. The first kappa shape index (κ1) is 16.9. The van der Waals surface area contributed by atoms with Crippen molar-refractivity contribution in [1.82, 2.24) is 24.6 Å². The van der Waals surface area contributed by atoms with E-state index in [0.717, 1.165) is 38.0 Å². The first-order chi connectivity index (χ1) is 13.2. The van der Waals surface area contributed by atoms with Gasteiger partial charge in [-0.25, -0.2) is 9.67 Å². The van der Waals surface area contributed by atoms with Gasteiger partial charge in [-0.2, -0.15) is 5.10 Å². The Morgan fingerprint density at radius 3 is 2.78 bits per heavy atom. The van der Waals surface area contributed by atoms with Crippen LogP contribution in [0.4, 0.5) is 0 Å². The first-order valence-electron chi connectivity index (χ1n) is 9.91. The van der Waals surface area contributed by atoms with Crippen molar-refractivity contribution in [3.63, 3.8) is 0 Å². The molecule has 1 spiro atoms. The van der Waals surface area contributed by atoms with E-state index in [1.807, 2.05) is 30.3 Å². The summed E-state index contributed by atoms with van der Waals surface area (Å²) in [6.07, 6.45) is 5.91. The Kier molecular flexibility index (Phi) is 4.02. The van der Waals surface area contributed by atoms with Crippen molar-refractivity contribution in [2.45, 2.75) is 49.9 Å². The Morgan fingerprint density at radius 2 is 2.00 bits per heavy atom. The standard InChI is InChI=1S/C20H26N6O/c21-16-11-20(12-16)17-7-4-8-24(17)9-10-26(20)18(27)13-25-14-22-19(23-25)15-5-2-1-3-6-15/h1-3,5-6,14,16-17H,4,7-13,21H2. The van der Waals surface area contributed by atoms with Gasteiger partial charge >= 0.3 is 0 Å². The molecule has 3 heterocycles. The quantitative estimate of drug-likeness (QED) is 0.880. The number of hydrogen-bond acceptors (Lipinski definition) is 5. The highest BCUT2D eigenvalue weighted by molar-refractivity contribution is 5.77. The minimum absolute atomic E-state index is 0.0614. The predicted octanol–water partition coefficient (Wildman–Crippen LogP) is 1.11. The third-order valence-corrected chi connectivity index (χ3v) is 6.53. The number of carbonyl (C=O) groups excluding carboxylic acids is 1. The molecule has 27 heavy (non-hydrogen) atoms. The maximum Gasteiger partial charge on any atom is 0.244 e. The molecule has 0 bridgehead atoms. The van der Waals surface area contributed by atoms with Crippen LogP contribution in [0.3, 0.4) is 0 Å². The Balaban J connectivity index is 1.34. The van der Waals surface area contributed by atoms with Crippen molar-refractivity contribution in [2.24, 2.45) is 5.73 Å². The van der Waals surface area contributed by atoms with Gasteiger partial charge in [0.25, 0.3) is 0 Å². The fourth-order valence-electron chi connectivity index (χ4n) is 5.36. The number of nitrogens with two attached hydrogens (primary N) is 1. The van der Waals surface area contributed by atoms with Crippen molar-refractivity contribution in [2.75, 3.05) is 19.6 Å². The summed E-state index contributed by atoms with van der Waals surface area (Å²) in [7, 11) is 0. The van der Waals surface area contributed by atoms with E-state index in [1.165, 1.54) is 12.8 Å². The smallest absolute Gasteiger partial charge is 0.244 e. The Bertz CT molecular complexity index is 828. The highest BCUT2D eigenvalue weighted by Crippen LogP contribution is 2.47. The van der Waals surface area contributed by atoms with E-state index in [2.05, 4.69) is 19.9 Å². The molecular formula is C20H26N6O. The van der Waals surface area contributed by atoms with E-state index >= 15 is 0 Å². The van der Waals surface area contributed by atoms with Crippen LogP contribution in [-0.4, -0.2) is 67.7 Å². The van der Waals surface area contributed by atoms with Gasteiger partial charge in [0.1, 0.15) is 12.9 Å². The van der Waals surface area contributed by atoms with Gasteiger partial charge in [0.05, 0.1) is 5.54 Å². The highest BCUT2D eigenvalue weighted by Gasteiger charge is 2.58. The average Bonchev–Trinajstić information content (AvgIpc) is 3.31. The molecule has 3 aliphatic rings. The number of carbonyl (C=O) groups is 1. The van der Waals surface area contributed by atoms with Gasteiger partial charge in [-0.15, -0.1) is 0 Å². The first-order valence-corrected chi connectivity index (χ1v) is 9.91. The molecular weight excluding hydrogens is 340 g/mol. The van der Waals surface area contributed by atoms with Crippen LogP contribution >= 0.6 is 0 Å². The van der Waals surface area contributed by atoms with Crippen LogP contribution in [0.5, 0.6) is 0 Å². The molecule has 1 atom stereocenters. The summed E-state index contributed by atoms with van der Waals surface area (Å²) in [5, 5.41) is 4.51. The second-order valence-electron chi connectivity index (χ2n) is 8.14. The van der Waals surface area contributed by atoms with Gasteiger partial charge in [0, 0.05) is 30.7 Å². The fraction of sp³-hybridized carbons (Fsp3) is 0.550. The number of fused-ring (bicyclic) bond motifs is 2. The summed E-state index contributed by atoms with van der Waals surface area (Å²) in [5.41, 5.74) is 7.07. The normalized spacial score (nSPS) is 30.3. The number of amides is 1. The summed E-state index contributed by atoms with van der Waals surface area (Å²) in [4.78, 5) is 22.3. The monoisotopic (exact) mass is 366 g/mol. The summed E-state index contributed by atoms with van der Waals surface area (Å²) in [6, 6.07) is 10.5. The minimum atomic E-state index is -0.0614. The molecule has 7 heteroatoms. The molecule has 1 aromatic carbocycles. The molecule has 2 aromatic rings. The van der Waals surface area contributed by atoms with Crippen LogP contribution in [0.15, 0.2) is 36.7 Å². The van der Waals surface area contributed by atoms with Gasteiger partial charge in [0.2, 0.25) is 5.91 Å². The van der Waals surface area contributed by atoms with E-state index in [0.29, 0.717) is 11.9 Å². The summed E-state index contributed by atoms with van der Waals surface area (Å²) in [6.45, 7) is 3.17. The molecule has 2 N–H and O–H groups in total. The van der Waals surface area contributed by atoms with E-state index in [1.54, 1.807) is 11.0 Å². The van der Waals surface area contributed by atoms with Gasteiger partial charge in [-0.05, 0) is 32.2 Å². The number of nitrogens with zero attached hydrogens (tertiary/aromatic N) is 5. The minimum Gasteiger partial charge on any atom is -0.332 e. The molecule has 2 saturated heterocycles. The zero-order chi connectivity index (χ0) is 18.4. The van der Waals surface area contributed by atoms with Crippen molar-refractivity contribution < 1.29 is 4.79 Å². The fourth-order valence-corrected chi connectivity index (χ4v) is 5.36. The van der Waals surface area contributed by atoms with Gasteiger partial charge < -0.3 is 10.6 Å². The van der Waals surface area contributed by atoms with Gasteiger partial charge in [-0.3, -0.25) is 9.69 Å². The number of aromatic nitrogens is 3. The lowest BCUT2D eigenvalue weighted by atomic mass is 9.65. The Morgan fingerprint density at radius 1 is 1.19 bits per heavy atom. The molecule has 3 fully saturated rings. The molecule has 142 valence electrons. The number of benzene rings is 1. The molecule has 2 aliphatic heterocycles. The highest BCUT2D eigenvalue weighted by atomic mass is 16.2. The second-order valence-corrected chi connectivity index (χ2v) is 8.14. The Labute approximate surface area is 159 Å². The lowest BCUT2D eigenvalue weighted by Gasteiger charge is -2.61. The van der Waals surface area contributed by atoms with Crippen LogP contribution in [0.2, 0.25) is 0 Å². The topological polar surface area (TPSA) is 80.3 Å². The molecule has 1 unspecified atom stereocenters. The molecule has 1 aliphatic carbocycles. The molecule has 1 aromatic heterocycles. The SMILES string of the molecule is NC1CC2(C1)C1CCCN1CCN2C(=O)Cn1cnc(-c2ccccc2)n1. The lowest BCUT2D eigenvalue weighted by molar-refractivity contribution is -0.156. The molecule has 1 amide bonds. The van der Waals surface area contributed by atoms with Crippen molar-refractivity contribution >= 4 is 5.91 Å². The molecule has 1 saturated carbocycles. The zero-order valence-corrected chi connectivity index (χ0v) is 15.5. The zero-order valence-electron chi connectivity index (χ0n) is 15.5. The van der Waals surface area contributed by atoms with Crippen molar-refractivity contribution in [1.29, 1.82) is 0 Å². The van der Waals surface area contributed by atoms with E-state index in [4.69, 9.17) is 5.73 Å².